The lowest BCUT2D eigenvalue weighted by Crippen LogP contribution is -2.06. The normalized spacial score (nSPS) is 10.2. The average molecular weight is 264 g/mol. The summed E-state index contributed by atoms with van der Waals surface area (Å²) in [7, 11) is 0. The van der Waals surface area contributed by atoms with Crippen LogP contribution in [0.15, 0.2) is 23.3 Å². The predicted molar refractivity (Wildman–Crippen MR) is 81.1 cm³/mol. The molecule has 19 heavy (non-hydrogen) atoms. The first-order chi connectivity index (χ1) is 8.85. The predicted octanol–water partition coefficient (Wildman–Crippen LogP) is 4.64. The zero-order valence-electron chi connectivity index (χ0n) is 13.1. The molecule has 0 spiro atoms. The van der Waals surface area contributed by atoms with Gasteiger partial charge in [0.05, 0.1) is 0 Å². The molecule has 0 aromatic carbocycles. The average Bonchev–Trinajstić information content (AvgIpc) is 2.27. The van der Waals surface area contributed by atoms with Crippen LogP contribution in [-0.4, -0.2) is 11.6 Å². The van der Waals surface area contributed by atoms with Gasteiger partial charge in [0.15, 0.2) is 11.6 Å². The minimum absolute atomic E-state index is 0.203. The summed E-state index contributed by atoms with van der Waals surface area (Å²) >= 11 is 0. The van der Waals surface area contributed by atoms with Crippen LogP contribution in [0.3, 0.4) is 0 Å². The van der Waals surface area contributed by atoms with Crippen molar-refractivity contribution in [1.82, 2.24) is 0 Å². The van der Waals surface area contributed by atoms with Crippen LogP contribution in [0.2, 0.25) is 0 Å². The molecule has 0 aromatic rings. The van der Waals surface area contributed by atoms with Gasteiger partial charge >= 0.3 is 0 Å². The first kappa shape index (κ1) is 17.8. The quantitative estimate of drug-likeness (QED) is 0.568. The molecule has 0 heterocycles. The van der Waals surface area contributed by atoms with Crippen LogP contribution in [0.4, 0.5) is 0 Å². The molecule has 0 saturated heterocycles. The summed E-state index contributed by atoms with van der Waals surface area (Å²) in [6, 6.07) is 0. The molecule has 2 nitrogen and oxygen atoms in total. The Morgan fingerprint density at radius 3 is 1.47 bits per heavy atom. The Bertz CT molecular complexity index is 319. The van der Waals surface area contributed by atoms with Crippen molar-refractivity contribution in [2.24, 2.45) is 5.92 Å². The Balaban J connectivity index is 4.09. The van der Waals surface area contributed by atoms with Crippen molar-refractivity contribution >= 4 is 11.6 Å². The highest BCUT2D eigenvalue weighted by Crippen LogP contribution is 2.18. The van der Waals surface area contributed by atoms with Gasteiger partial charge in [-0.25, -0.2) is 0 Å². The monoisotopic (exact) mass is 264 g/mol. The highest BCUT2D eigenvalue weighted by molar-refractivity contribution is 5.90. The number of carbonyl (C=O) groups excluding carboxylic acids is 2. The van der Waals surface area contributed by atoms with Gasteiger partial charge in [-0.1, -0.05) is 24.5 Å². The number of hydrogen-bond donors (Lipinski definition) is 0. The molecule has 0 N–H and O–H groups in total. The van der Waals surface area contributed by atoms with E-state index in [1.165, 1.54) is 0 Å². The fourth-order valence-electron chi connectivity index (χ4n) is 2.03. The van der Waals surface area contributed by atoms with Gasteiger partial charge in [-0.15, -0.1) is 0 Å². The van der Waals surface area contributed by atoms with E-state index in [9.17, 15) is 9.59 Å². The van der Waals surface area contributed by atoms with Crippen molar-refractivity contribution in [3.63, 3.8) is 0 Å². The van der Waals surface area contributed by atoms with E-state index < -0.39 is 0 Å². The number of rotatable bonds is 9. The summed E-state index contributed by atoms with van der Waals surface area (Å²) in [4.78, 5) is 23.2. The molecule has 0 saturated carbocycles. The van der Waals surface area contributed by atoms with Crippen LogP contribution in [-0.2, 0) is 9.59 Å². The van der Waals surface area contributed by atoms with Gasteiger partial charge < -0.3 is 0 Å². The smallest absolute Gasteiger partial charge is 0.155 e. The molecule has 0 aliphatic rings. The minimum Gasteiger partial charge on any atom is -0.295 e. The number of allylic oxidation sites excluding steroid dienone is 4. The van der Waals surface area contributed by atoms with E-state index in [4.69, 9.17) is 0 Å². The van der Waals surface area contributed by atoms with Gasteiger partial charge in [0, 0.05) is 12.8 Å². The molecule has 0 atom stereocenters. The third kappa shape index (κ3) is 10.4. The van der Waals surface area contributed by atoms with E-state index in [1.54, 1.807) is 12.2 Å². The Labute approximate surface area is 118 Å². The second-order valence-corrected chi connectivity index (χ2v) is 5.73. The summed E-state index contributed by atoms with van der Waals surface area (Å²) in [5, 5.41) is 0. The molecule has 0 aliphatic heterocycles. The Kier molecular flexibility index (Phi) is 9.11. The zero-order valence-corrected chi connectivity index (χ0v) is 13.1. The molecule has 0 amide bonds. The summed E-state index contributed by atoms with van der Waals surface area (Å²) in [6.07, 6.45) is 7.43. The van der Waals surface area contributed by atoms with Gasteiger partial charge in [0.2, 0.25) is 0 Å². The fourth-order valence-corrected chi connectivity index (χ4v) is 2.03. The largest absolute Gasteiger partial charge is 0.295 e. The van der Waals surface area contributed by atoms with Crippen LogP contribution < -0.4 is 0 Å². The van der Waals surface area contributed by atoms with Crippen molar-refractivity contribution in [2.75, 3.05) is 0 Å². The number of ketones is 2. The molecule has 0 fully saturated rings. The third-order valence-electron chi connectivity index (χ3n) is 3.07. The van der Waals surface area contributed by atoms with E-state index in [1.807, 2.05) is 27.7 Å². The highest BCUT2D eigenvalue weighted by atomic mass is 16.1. The molecule has 0 bridgehead atoms. The molecule has 0 aromatic heterocycles. The summed E-state index contributed by atoms with van der Waals surface area (Å²) in [6.45, 7) is 9.88. The molecule has 108 valence electrons. The second-order valence-electron chi connectivity index (χ2n) is 5.73. The van der Waals surface area contributed by atoms with E-state index in [0.29, 0.717) is 18.8 Å². The molecular weight excluding hydrogens is 236 g/mol. The lowest BCUT2D eigenvalue weighted by atomic mass is 9.92. The van der Waals surface area contributed by atoms with Crippen LogP contribution in [0.5, 0.6) is 0 Å². The standard InChI is InChI=1S/C17H28O2/c1-6-15(7-9-16(18)11-13(2)3)8-10-17(19)12-14(4)5/h11-12,15H,6-10H2,1-5H3. The van der Waals surface area contributed by atoms with Gasteiger partial charge in [0.25, 0.3) is 0 Å². The summed E-state index contributed by atoms with van der Waals surface area (Å²) in [5.41, 5.74) is 2.11. The van der Waals surface area contributed by atoms with Crippen molar-refractivity contribution in [2.45, 2.75) is 66.7 Å². The Hall–Kier alpha value is -1.18. The summed E-state index contributed by atoms with van der Waals surface area (Å²) in [5.74, 6) is 0.882. The van der Waals surface area contributed by atoms with Gasteiger partial charge in [-0.3, -0.25) is 9.59 Å². The lowest BCUT2D eigenvalue weighted by Gasteiger charge is -2.12. The molecular formula is C17H28O2. The summed E-state index contributed by atoms with van der Waals surface area (Å²) < 4.78 is 0. The molecule has 0 rings (SSSR count). The van der Waals surface area contributed by atoms with E-state index >= 15 is 0 Å². The maximum atomic E-state index is 11.6. The van der Waals surface area contributed by atoms with Gasteiger partial charge in [0.1, 0.15) is 0 Å². The van der Waals surface area contributed by atoms with E-state index in [-0.39, 0.29) is 11.6 Å². The lowest BCUT2D eigenvalue weighted by molar-refractivity contribution is -0.115. The number of hydrogen-bond acceptors (Lipinski definition) is 2. The molecule has 0 radical (unpaired) electrons. The third-order valence-corrected chi connectivity index (χ3v) is 3.07. The zero-order chi connectivity index (χ0) is 14.8. The Morgan fingerprint density at radius 1 is 0.842 bits per heavy atom. The van der Waals surface area contributed by atoms with Crippen molar-refractivity contribution in [3.05, 3.63) is 23.3 Å². The SMILES string of the molecule is CCC(CCC(=O)C=C(C)C)CCC(=O)C=C(C)C. The fraction of sp³-hybridized carbons (Fsp3) is 0.647. The van der Waals surface area contributed by atoms with Gasteiger partial charge in [-0.05, 0) is 58.6 Å². The Morgan fingerprint density at radius 2 is 1.21 bits per heavy atom. The maximum absolute atomic E-state index is 11.6. The van der Waals surface area contributed by atoms with Gasteiger partial charge in [-0.2, -0.15) is 0 Å². The topological polar surface area (TPSA) is 34.1 Å². The number of carbonyl (C=O) groups is 2. The highest BCUT2D eigenvalue weighted by Gasteiger charge is 2.10. The molecule has 2 heteroatoms. The maximum Gasteiger partial charge on any atom is 0.155 e. The van der Waals surface area contributed by atoms with Crippen LogP contribution in [0, 0.1) is 5.92 Å². The first-order valence-corrected chi connectivity index (χ1v) is 7.20. The molecule has 0 aliphatic carbocycles. The van der Waals surface area contributed by atoms with Crippen molar-refractivity contribution < 1.29 is 9.59 Å². The first-order valence-electron chi connectivity index (χ1n) is 7.20. The van der Waals surface area contributed by atoms with E-state index in [0.717, 1.165) is 30.4 Å². The minimum atomic E-state index is 0.203. The van der Waals surface area contributed by atoms with Crippen LogP contribution in [0.1, 0.15) is 66.7 Å². The second kappa shape index (κ2) is 9.71. The van der Waals surface area contributed by atoms with Crippen molar-refractivity contribution in [1.29, 1.82) is 0 Å². The van der Waals surface area contributed by atoms with Crippen LogP contribution >= 0.6 is 0 Å². The van der Waals surface area contributed by atoms with Crippen molar-refractivity contribution in [3.8, 4) is 0 Å². The van der Waals surface area contributed by atoms with Crippen LogP contribution in [0.25, 0.3) is 0 Å². The van der Waals surface area contributed by atoms with E-state index in [2.05, 4.69) is 6.92 Å². The molecule has 0 unspecified atom stereocenters.